The predicted molar refractivity (Wildman–Crippen MR) is 129 cm³/mol. The van der Waals surface area contributed by atoms with Crippen molar-refractivity contribution in [3.05, 3.63) is 96.6 Å². The highest BCUT2D eigenvalue weighted by Gasteiger charge is 2.15. The summed E-state index contributed by atoms with van der Waals surface area (Å²) in [7, 11) is 1.57. The van der Waals surface area contributed by atoms with E-state index in [2.05, 4.69) is 63.7 Å². The lowest BCUT2D eigenvalue weighted by Gasteiger charge is -2.11. The highest BCUT2D eigenvalue weighted by atomic mass is 16.1. The minimum Gasteiger partial charge on any atom is -0.355 e. The second-order valence-corrected chi connectivity index (χ2v) is 7.52. The van der Waals surface area contributed by atoms with Crippen LogP contribution in [0.3, 0.4) is 0 Å². The molecule has 156 valence electrons. The molecule has 0 aliphatic heterocycles. The molecule has 5 rings (SSSR count). The van der Waals surface area contributed by atoms with Crippen LogP contribution in [0.5, 0.6) is 0 Å². The van der Waals surface area contributed by atoms with Gasteiger partial charge in [-0.05, 0) is 53.6 Å². The van der Waals surface area contributed by atoms with Gasteiger partial charge in [0.25, 0.3) is 5.91 Å². The van der Waals surface area contributed by atoms with Crippen LogP contribution in [0.15, 0.2) is 91.0 Å². The highest BCUT2D eigenvalue weighted by Crippen LogP contribution is 2.35. The smallest absolute Gasteiger partial charge is 0.253 e. The fourth-order valence-corrected chi connectivity index (χ4v) is 4.24. The molecule has 1 heterocycles. The number of hydrogen-bond donors (Lipinski definition) is 2. The molecular weight excluding hydrogens is 398 g/mol. The molecule has 5 nitrogen and oxygen atoms in total. The Labute approximate surface area is 185 Å². The molecule has 0 fully saturated rings. The first-order chi connectivity index (χ1) is 15.7. The van der Waals surface area contributed by atoms with Crippen molar-refractivity contribution in [2.45, 2.75) is 0 Å². The summed E-state index contributed by atoms with van der Waals surface area (Å²) < 4.78 is 2.27. The molecule has 5 aromatic rings. The fraction of sp³-hybridized carbons (Fsp3) is 0.0370. The zero-order valence-electron chi connectivity index (χ0n) is 17.5. The first-order valence-corrected chi connectivity index (χ1v) is 10.4. The van der Waals surface area contributed by atoms with Crippen molar-refractivity contribution in [1.29, 1.82) is 0 Å². The third-order valence-corrected chi connectivity index (χ3v) is 5.73. The second-order valence-electron chi connectivity index (χ2n) is 7.52. The molecule has 0 aliphatic carbocycles. The number of aromatic nitrogens is 1. The van der Waals surface area contributed by atoms with Crippen LogP contribution in [-0.4, -0.2) is 23.9 Å². The summed E-state index contributed by atoms with van der Waals surface area (Å²) in [4.78, 5) is 23.3. The lowest BCUT2D eigenvalue weighted by Crippen LogP contribution is -2.19. The third-order valence-electron chi connectivity index (χ3n) is 5.73. The van der Waals surface area contributed by atoms with Crippen molar-refractivity contribution in [2.24, 2.45) is 0 Å². The number of anilines is 1. The third kappa shape index (κ3) is 3.20. The van der Waals surface area contributed by atoms with Gasteiger partial charge in [-0.3, -0.25) is 9.59 Å². The molecule has 4 aromatic carbocycles. The first kappa shape index (κ1) is 19.6. The zero-order chi connectivity index (χ0) is 22.1. The molecule has 0 radical (unpaired) electrons. The van der Waals surface area contributed by atoms with E-state index >= 15 is 0 Å². The molecule has 0 saturated heterocycles. The standard InChI is InChI=1S/C27H21N3O2/c1-28-27(32)23-16-18(11-13-24(23)29-17-31)19-12-14-26-22(15-19)21-9-5-6-10-25(21)30(26)20-7-3-2-4-8-20/h2-17H,1H3,(H,28,32)(H,29,31). The zero-order valence-corrected chi connectivity index (χ0v) is 17.5. The van der Waals surface area contributed by atoms with Crippen molar-refractivity contribution in [1.82, 2.24) is 9.88 Å². The van der Waals surface area contributed by atoms with E-state index in [1.165, 1.54) is 5.39 Å². The number of nitrogens with one attached hydrogen (secondary N) is 2. The number of carbonyl (C=O) groups is 2. The van der Waals surface area contributed by atoms with Gasteiger partial charge in [-0.1, -0.05) is 48.5 Å². The van der Waals surface area contributed by atoms with E-state index in [1.807, 2.05) is 36.4 Å². The molecular formula is C27H21N3O2. The van der Waals surface area contributed by atoms with Crippen molar-refractivity contribution in [2.75, 3.05) is 12.4 Å². The van der Waals surface area contributed by atoms with Gasteiger partial charge in [0.1, 0.15) is 0 Å². The van der Waals surface area contributed by atoms with Crippen molar-refractivity contribution >= 4 is 39.8 Å². The molecule has 0 saturated carbocycles. The van der Waals surface area contributed by atoms with E-state index in [1.54, 1.807) is 13.1 Å². The number of nitrogens with zero attached hydrogens (tertiary/aromatic N) is 1. The maximum absolute atomic E-state index is 12.4. The summed E-state index contributed by atoms with van der Waals surface area (Å²) in [5, 5.41) is 7.54. The Hall–Kier alpha value is -4.38. The Morgan fingerprint density at radius 1 is 0.781 bits per heavy atom. The van der Waals surface area contributed by atoms with Gasteiger partial charge in [-0.25, -0.2) is 0 Å². The lowest BCUT2D eigenvalue weighted by molar-refractivity contribution is -0.105. The second kappa shape index (κ2) is 8.04. The average Bonchev–Trinajstić information content (AvgIpc) is 3.18. The first-order valence-electron chi connectivity index (χ1n) is 10.4. The van der Waals surface area contributed by atoms with E-state index in [9.17, 15) is 9.59 Å². The summed E-state index contributed by atoms with van der Waals surface area (Å²) in [5.74, 6) is -0.252. The Morgan fingerprint density at radius 2 is 1.47 bits per heavy atom. The molecule has 5 heteroatoms. The molecule has 2 amide bonds. The van der Waals surface area contributed by atoms with Crippen molar-refractivity contribution < 1.29 is 9.59 Å². The molecule has 1 aromatic heterocycles. The van der Waals surface area contributed by atoms with Crippen LogP contribution in [0.4, 0.5) is 5.69 Å². The van der Waals surface area contributed by atoms with Gasteiger partial charge >= 0.3 is 0 Å². The lowest BCUT2D eigenvalue weighted by atomic mass is 9.99. The van der Waals surface area contributed by atoms with Crippen LogP contribution >= 0.6 is 0 Å². The number of hydrogen-bond acceptors (Lipinski definition) is 2. The molecule has 0 unspecified atom stereocenters. The summed E-state index contributed by atoms with van der Waals surface area (Å²) in [5.41, 5.74) is 6.16. The summed E-state index contributed by atoms with van der Waals surface area (Å²) in [6.07, 6.45) is 0.575. The number of para-hydroxylation sites is 2. The number of carbonyl (C=O) groups excluding carboxylic acids is 2. The van der Waals surface area contributed by atoms with Gasteiger partial charge in [0.05, 0.1) is 22.3 Å². The minimum absolute atomic E-state index is 0.252. The number of benzene rings is 4. The highest BCUT2D eigenvalue weighted by molar-refractivity contribution is 6.10. The predicted octanol–water partition coefficient (Wildman–Crippen LogP) is 5.38. The van der Waals surface area contributed by atoms with E-state index in [0.717, 1.165) is 33.2 Å². The van der Waals surface area contributed by atoms with Gasteiger partial charge in [-0.15, -0.1) is 0 Å². The van der Waals surface area contributed by atoms with E-state index in [4.69, 9.17) is 0 Å². The Bertz CT molecular complexity index is 1470. The van der Waals surface area contributed by atoms with E-state index in [-0.39, 0.29) is 5.91 Å². The molecule has 2 N–H and O–H groups in total. The van der Waals surface area contributed by atoms with Gasteiger partial charge in [0.2, 0.25) is 6.41 Å². The number of fused-ring (bicyclic) bond motifs is 3. The van der Waals surface area contributed by atoms with Crippen LogP contribution in [-0.2, 0) is 4.79 Å². The van der Waals surface area contributed by atoms with Gasteiger partial charge < -0.3 is 15.2 Å². The van der Waals surface area contributed by atoms with Crippen LogP contribution in [0.25, 0.3) is 38.6 Å². The molecule has 0 spiro atoms. The van der Waals surface area contributed by atoms with Gasteiger partial charge in [-0.2, -0.15) is 0 Å². The SMILES string of the molecule is CNC(=O)c1cc(-c2ccc3c(c2)c2ccccc2n3-c2ccccc2)ccc1NC=O. The van der Waals surface area contributed by atoms with Crippen molar-refractivity contribution in [3.63, 3.8) is 0 Å². The monoisotopic (exact) mass is 419 g/mol. The van der Waals surface area contributed by atoms with Crippen LogP contribution in [0, 0.1) is 0 Å². The number of amides is 2. The Kier molecular flexibility index (Phi) is 4.92. The van der Waals surface area contributed by atoms with E-state index < -0.39 is 0 Å². The molecule has 0 bridgehead atoms. The largest absolute Gasteiger partial charge is 0.355 e. The Morgan fingerprint density at radius 3 is 2.25 bits per heavy atom. The summed E-state index contributed by atoms with van der Waals surface area (Å²) in [6.45, 7) is 0. The van der Waals surface area contributed by atoms with Crippen LogP contribution in [0.1, 0.15) is 10.4 Å². The normalized spacial score (nSPS) is 10.9. The molecule has 0 atom stereocenters. The summed E-state index contributed by atoms with van der Waals surface area (Å²) >= 11 is 0. The van der Waals surface area contributed by atoms with Crippen LogP contribution in [0.2, 0.25) is 0 Å². The van der Waals surface area contributed by atoms with E-state index in [0.29, 0.717) is 17.7 Å². The maximum Gasteiger partial charge on any atom is 0.253 e. The topological polar surface area (TPSA) is 63.1 Å². The van der Waals surface area contributed by atoms with Crippen LogP contribution < -0.4 is 10.6 Å². The fourth-order valence-electron chi connectivity index (χ4n) is 4.24. The van der Waals surface area contributed by atoms with Gasteiger partial charge in [0.15, 0.2) is 0 Å². The summed E-state index contributed by atoms with van der Waals surface area (Å²) in [6, 6.07) is 30.5. The quantitative estimate of drug-likeness (QED) is 0.376. The maximum atomic E-state index is 12.4. The number of rotatable bonds is 5. The van der Waals surface area contributed by atoms with Gasteiger partial charge in [0, 0.05) is 23.5 Å². The minimum atomic E-state index is -0.252. The average molecular weight is 419 g/mol. The van der Waals surface area contributed by atoms with Crippen molar-refractivity contribution in [3.8, 4) is 16.8 Å². The Balaban J connectivity index is 1.72. The molecule has 0 aliphatic rings. The molecule has 32 heavy (non-hydrogen) atoms.